The van der Waals surface area contributed by atoms with Gasteiger partial charge >= 0.3 is 0 Å². The van der Waals surface area contributed by atoms with E-state index in [1.165, 1.54) is 0 Å². The van der Waals surface area contributed by atoms with E-state index in [-0.39, 0.29) is 46.2 Å². The summed E-state index contributed by atoms with van der Waals surface area (Å²) in [5, 5.41) is 7.42. The molecular formula is C32H55Cl2FN4O3Si. The SMILES string of the molecule is CC(C)(C)[Si](C)(C)OCC1C(Cl)NC(CN2CCC(C3C=CC=C(OCC4CCC(Cl)CC4F)N3)CC2)N1C[C@@H]1CCO1. The number of halogens is 3. The van der Waals surface area contributed by atoms with E-state index in [4.69, 9.17) is 37.1 Å². The molecule has 11 heteroatoms. The van der Waals surface area contributed by atoms with E-state index >= 15 is 0 Å². The van der Waals surface area contributed by atoms with E-state index in [1.807, 2.05) is 6.08 Å². The van der Waals surface area contributed by atoms with Crippen LogP contribution >= 0.6 is 23.2 Å². The predicted molar refractivity (Wildman–Crippen MR) is 176 cm³/mol. The van der Waals surface area contributed by atoms with Crippen molar-refractivity contribution >= 4 is 31.5 Å². The Hall–Kier alpha value is -0.393. The van der Waals surface area contributed by atoms with Crippen LogP contribution in [0.1, 0.15) is 59.3 Å². The van der Waals surface area contributed by atoms with Crippen molar-refractivity contribution in [1.82, 2.24) is 20.4 Å². The van der Waals surface area contributed by atoms with Gasteiger partial charge in [0, 0.05) is 31.0 Å². The zero-order valence-electron chi connectivity index (χ0n) is 26.9. The third-order valence-electron chi connectivity index (χ3n) is 10.9. The number of hydrogen-bond donors (Lipinski definition) is 2. The van der Waals surface area contributed by atoms with Crippen molar-refractivity contribution in [2.45, 2.75) is 119 Å². The summed E-state index contributed by atoms with van der Waals surface area (Å²) in [6, 6.07) is 0.366. The molecule has 2 N–H and O–H groups in total. The highest BCUT2D eigenvalue weighted by Crippen LogP contribution is 2.38. The molecule has 4 fully saturated rings. The average Bonchev–Trinajstić information content (AvgIpc) is 3.22. The average molecular weight is 662 g/mol. The summed E-state index contributed by atoms with van der Waals surface area (Å²) in [4.78, 5) is 5.11. The van der Waals surface area contributed by atoms with Gasteiger partial charge in [-0.25, -0.2) is 4.39 Å². The van der Waals surface area contributed by atoms with Gasteiger partial charge in [0.15, 0.2) is 14.2 Å². The largest absolute Gasteiger partial charge is 0.479 e. The van der Waals surface area contributed by atoms with Gasteiger partial charge in [-0.2, -0.15) is 0 Å². The lowest BCUT2D eigenvalue weighted by Gasteiger charge is -2.41. The minimum atomic E-state index is -1.88. The fourth-order valence-corrected chi connectivity index (χ4v) is 8.39. The van der Waals surface area contributed by atoms with Crippen molar-refractivity contribution < 1.29 is 18.3 Å². The number of likely N-dealkylation sites (tertiary alicyclic amines) is 1. The summed E-state index contributed by atoms with van der Waals surface area (Å²) >= 11 is 13.1. The first-order valence-electron chi connectivity index (χ1n) is 16.6. The molecule has 0 aromatic heterocycles. The van der Waals surface area contributed by atoms with E-state index in [0.717, 1.165) is 70.8 Å². The Bertz CT molecular complexity index is 973. The van der Waals surface area contributed by atoms with E-state index < -0.39 is 14.5 Å². The van der Waals surface area contributed by atoms with Gasteiger partial charge < -0.3 is 24.1 Å². The topological polar surface area (TPSA) is 58.2 Å². The molecule has 7 unspecified atom stereocenters. The quantitative estimate of drug-likeness (QED) is 0.165. The summed E-state index contributed by atoms with van der Waals surface area (Å²) in [6.45, 7) is 17.3. The molecule has 0 aromatic rings. The molecule has 7 nitrogen and oxygen atoms in total. The molecule has 4 aliphatic heterocycles. The molecule has 5 rings (SSSR count). The van der Waals surface area contributed by atoms with Crippen LogP contribution in [0.2, 0.25) is 18.1 Å². The zero-order chi connectivity index (χ0) is 30.8. The molecule has 3 saturated heterocycles. The van der Waals surface area contributed by atoms with E-state index in [1.54, 1.807) is 0 Å². The highest BCUT2D eigenvalue weighted by atomic mass is 35.5. The van der Waals surface area contributed by atoms with Crippen LogP contribution in [0.3, 0.4) is 0 Å². The van der Waals surface area contributed by atoms with Crippen molar-refractivity contribution in [3.05, 3.63) is 24.1 Å². The summed E-state index contributed by atoms with van der Waals surface area (Å²) in [7, 11) is -1.88. The number of allylic oxidation sites excluding steroid dienone is 2. The summed E-state index contributed by atoms with van der Waals surface area (Å²) in [5.74, 6) is 1.22. The first-order chi connectivity index (χ1) is 20.4. The number of nitrogens with one attached hydrogen (secondary N) is 2. The number of piperidine rings is 1. The van der Waals surface area contributed by atoms with E-state index in [2.05, 4.69) is 66.5 Å². The van der Waals surface area contributed by atoms with E-state index in [0.29, 0.717) is 25.6 Å². The molecule has 5 aliphatic rings. The first kappa shape index (κ1) is 34.0. The molecule has 246 valence electrons. The molecule has 0 amide bonds. The Kier molecular flexibility index (Phi) is 11.5. The molecule has 43 heavy (non-hydrogen) atoms. The fraction of sp³-hybridized carbons (Fsp3) is 0.875. The van der Waals surface area contributed by atoms with Crippen LogP contribution in [0.15, 0.2) is 24.1 Å². The Balaban J connectivity index is 1.10. The normalized spacial score (nSPS) is 36.7. The van der Waals surface area contributed by atoms with Crippen molar-refractivity contribution in [3.8, 4) is 0 Å². The minimum Gasteiger partial charge on any atom is -0.479 e. The van der Waals surface area contributed by atoms with E-state index in [9.17, 15) is 4.39 Å². The van der Waals surface area contributed by atoms with Crippen LogP contribution in [-0.4, -0.2) is 106 Å². The first-order valence-corrected chi connectivity index (χ1v) is 20.4. The lowest BCUT2D eigenvalue weighted by molar-refractivity contribution is -0.0775. The highest BCUT2D eigenvalue weighted by molar-refractivity contribution is 6.74. The monoisotopic (exact) mass is 660 g/mol. The van der Waals surface area contributed by atoms with Gasteiger partial charge in [-0.05, 0) is 81.7 Å². The maximum atomic E-state index is 14.4. The highest BCUT2D eigenvalue weighted by Gasteiger charge is 2.45. The fourth-order valence-electron chi connectivity index (χ4n) is 6.71. The number of alkyl halides is 3. The van der Waals surface area contributed by atoms with Crippen molar-refractivity contribution in [1.29, 1.82) is 0 Å². The van der Waals surface area contributed by atoms with Crippen molar-refractivity contribution in [3.63, 3.8) is 0 Å². The second-order valence-corrected chi connectivity index (χ2v) is 20.8. The standard InChI is InChI=1S/C32H55Cl2FN4O3Si/c1-32(2,3)43(4,5)42-21-28-31(34)37-29(39(28)18-25-13-16-40-25)19-38-14-11-22(12-15-38)27-7-6-8-30(36-27)41-20-23-9-10-24(33)17-26(23)35/h6-8,22-29,31,36-37H,9-21H2,1-5H3/t23?,24?,25-,26?,27?,28?,29?,31?/m0/s1. The Morgan fingerprint density at radius 1 is 1.07 bits per heavy atom. The minimum absolute atomic E-state index is 0.0418. The number of rotatable bonds is 11. The maximum Gasteiger partial charge on any atom is 0.192 e. The Labute approximate surface area is 270 Å². The molecule has 0 aromatic carbocycles. The second kappa shape index (κ2) is 14.6. The number of hydrogen-bond acceptors (Lipinski definition) is 7. The Morgan fingerprint density at radius 3 is 2.47 bits per heavy atom. The summed E-state index contributed by atoms with van der Waals surface area (Å²) in [6.07, 6.45) is 11.3. The van der Waals surface area contributed by atoms with Crippen LogP contribution in [0.5, 0.6) is 0 Å². The van der Waals surface area contributed by atoms with Crippen LogP contribution in [0.4, 0.5) is 4.39 Å². The van der Waals surface area contributed by atoms with Crippen molar-refractivity contribution in [2.24, 2.45) is 11.8 Å². The summed E-state index contributed by atoms with van der Waals surface area (Å²) < 4.78 is 33.0. The summed E-state index contributed by atoms with van der Waals surface area (Å²) in [5.41, 5.74) is -0.146. The molecule has 0 bridgehead atoms. The zero-order valence-corrected chi connectivity index (χ0v) is 29.4. The van der Waals surface area contributed by atoms with Crippen LogP contribution in [0, 0.1) is 11.8 Å². The third-order valence-corrected chi connectivity index (χ3v) is 16.2. The van der Waals surface area contributed by atoms with Gasteiger partial charge in [0.1, 0.15) is 11.7 Å². The molecule has 4 heterocycles. The van der Waals surface area contributed by atoms with Crippen LogP contribution < -0.4 is 10.6 Å². The second-order valence-electron chi connectivity index (χ2n) is 14.9. The van der Waals surface area contributed by atoms with Gasteiger partial charge in [0.05, 0.1) is 37.6 Å². The Morgan fingerprint density at radius 2 is 1.81 bits per heavy atom. The third kappa shape index (κ3) is 8.70. The maximum absolute atomic E-state index is 14.4. The van der Waals surface area contributed by atoms with Crippen LogP contribution in [0.25, 0.3) is 0 Å². The molecule has 1 aliphatic carbocycles. The molecule has 8 atom stereocenters. The van der Waals surface area contributed by atoms with Gasteiger partial charge in [0.25, 0.3) is 0 Å². The molecule has 1 saturated carbocycles. The van der Waals surface area contributed by atoms with Crippen molar-refractivity contribution in [2.75, 3.05) is 46.0 Å². The van der Waals surface area contributed by atoms with Gasteiger partial charge in [-0.1, -0.05) is 32.9 Å². The van der Waals surface area contributed by atoms with Gasteiger partial charge in [-0.15, -0.1) is 23.2 Å². The molecule has 0 radical (unpaired) electrons. The molecule has 0 spiro atoms. The van der Waals surface area contributed by atoms with Crippen LogP contribution in [-0.2, 0) is 13.9 Å². The smallest absolute Gasteiger partial charge is 0.192 e. The number of nitrogens with zero attached hydrogens (tertiary/aromatic N) is 2. The molecular weight excluding hydrogens is 606 g/mol. The predicted octanol–water partition coefficient (Wildman–Crippen LogP) is 5.81. The van der Waals surface area contributed by atoms with Gasteiger partial charge in [0.2, 0.25) is 0 Å². The van der Waals surface area contributed by atoms with Gasteiger partial charge in [-0.3, -0.25) is 10.2 Å². The lowest BCUT2D eigenvalue weighted by atomic mass is 9.87. The lowest BCUT2D eigenvalue weighted by Crippen LogP contribution is -2.54. The number of ether oxygens (including phenoxy) is 2. The number of dihydropyridines is 1.